The number of carbonyl (C=O) groups is 2. The fourth-order valence-corrected chi connectivity index (χ4v) is 6.36. The van der Waals surface area contributed by atoms with Crippen molar-refractivity contribution >= 4 is 52.1 Å². The number of benzene rings is 1. The number of methoxy groups -OCH3 is 1. The Balaban J connectivity index is 1.67. The van der Waals surface area contributed by atoms with Crippen molar-refractivity contribution in [3.05, 3.63) is 61.8 Å². The zero-order valence-corrected chi connectivity index (χ0v) is 24.7. The highest BCUT2D eigenvalue weighted by molar-refractivity contribution is 8.26. The number of thioether (sulfide) groups is 1. The summed E-state index contributed by atoms with van der Waals surface area (Å²) in [7, 11) is 3.23. The number of ether oxygens (including phenoxy) is 2. The van der Waals surface area contributed by atoms with E-state index in [1.54, 1.807) is 39.0 Å². The highest BCUT2D eigenvalue weighted by atomic mass is 32.2. The van der Waals surface area contributed by atoms with Gasteiger partial charge in [-0.2, -0.15) is 5.26 Å². The molecule has 2 aliphatic rings. The number of hydrogen-bond acceptors (Lipinski definition) is 9. The van der Waals surface area contributed by atoms with E-state index in [-0.39, 0.29) is 23.4 Å². The second-order valence-electron chi connectivity index (χ2n) is 9.68. The minimum atomic E-state index is -0.419. The average Bonchev–Trinajstić information content (AvgIpc) is 3.22. The number of hydrogen-bond donors (Lipinski definition) is 0. The van der Waals surface area contributed by atoms with E-state index < -0.39 is 5.56 Å². The van der Waals surface area contributed by atoms with Crippen LogP contribution in [0.3, 0.4) is 0 Å². The minimum Gasteiger partial charge on any atom is -0.497 e. The summed E-state index contributed by atoms with van der Waals surface area (Å²) in [5.74, 6) is 0.522. The number of amides is 1. The first kappa shape index (κ1) is 29.4. The molecule has 1 aromatic carbocycles. The van der Waals surface area contributed by atoms with Gasteiger partial charge in [0.05, 0.1) is 24.5 Å². The SMILES string of the molecule is CCOC(=O)C1CCCN(c2c(/C=C3/SC(=S)N(CCc4ccc(OC)cc4)C3=O)c(C)c(C#N)c(=O)n2C)C1. The quantitative estimate of drug-likeness (QED) is 0.262. The van der Waals surface area contributed by atoms with Crippen LogP contribution in [-0.2, 0) is 27.8 Å². The van der Waals surface area contributed by atoms with Crippen molar-refractivity contribution < 1.29 is 19.1 Å². The molecular weight excluding hydrogens is 548 g/mol. The highest BCUT2D eigenvalue weighted by Crippen LogP contribution is 2.36. The van der Waals surface area contributed by atoms with Gasteiger partial charge in [0.25, 0.3) is 11.5 Å². The number of nitriles is 1. The van der Waals surface area contributed by atoms with Gasteiger partial charge in [-0.1, -0.05) is 36.1 Å². The zero-order chi connectivity index (χ0) is 29.0. The Morgan fingerprint density at radius 3 is 2.65 bits per heavy atom. The van der Waals surface area contributed by atoms with Crippen LogP contribution in [-0.4, -0.2) is 59.0 Å². The van der Waals surface area contributed by atoms with Crippen LogP contribution in [0.4, 0.5) is 5.82 Å². The van der Waals surface area contributed by atoms with Gasteiger partial charge in [-0.3, -0.25) is 23.9 Å². The van der Waals surface area contributed by atoms with Crippen LogP contribution >= 0.6 is 24.0 Å². The lowest BCUT2D eigenvalue weighted by Gasteiger charge is -2.35. The van der Waals surface area contributed by atoms with E-state index in [0.717, 1.165) is 17.7 Å². The average molecular weight is 581 g/mol. The summed E-state index contributed by atoms with van der Waals surface area (Å²) in [6, 6.07) is 9.70. The monoisotopic (exact) mass is 580 g/mol. The molecule has 210 valence electrons. The van der Waals surface area contributed by atoms with Gasteiger partial charge in [0.15, 0.2) is 0 Å². The number of nitrogens with zero attached hydrogens (tertiary/aromatic N) is 4. The van der Waals surface area contributed by atoms with Crippen molar-refractivity contribution in [3.63, 3.8) is 0 Å². The molecule has 0 spiro atoms. The summed E-state index contributed by atoms with van der Waals surface area (Å²) in [6.07, 6.45) is 3.78. The van der Waals surface area contributed by atoms with Gasteiger partial charge in [-0.15, -0.1) is 0 Å². The van der Waals surface area contributed by atoms with Gasteiger partial charge in [0.2, 0.25) is 0 Å². The fourth-order valence-electron chi connectivity index (χ4n) is 5.07. The predicted octanol–water partition coefficient (Wildman–Crippen LogP) is 3.80. The first-order valence-electron chi connectivity index (χ1n) is 13.1. The van der Waals surface area contributed by atoms with Crippen molar-refractivity contribution in [3.8, 4) is 11.8 Å². The molecule has 3 heterocycles. The first-order chi connectivity index (χ1) is 19.2. The molecule has 2 saturated heterocycles. The third-order valence-corrected chi connectivity index (χ3v) is 8.62. The number of anilines is 1. The third-order valence-electron chi connectivity index (χ3n) is 7.24. The predicted molar refractivity (Wildman–Crippen MR) is 159 cm³/mol. The van der Waals surface area contributed by atoms with Crippen LogP contribution in [0.15, 0.2) is 34.0 Å². The lowest BCUT2D eigenvalue weighted by molar-refractivity contribution is -0.148. The lowest BCUT2D eigenvalue weighted by atomic mass is 9.96. The molecular formula is C29H32N4O5S2. The van der Waals surface area contributed by atoms with Crippen LogP contribution in [0.5, 0.6) is 5.75 Å². The van der Waals surface area contributed by atoms with Gasteiger partial charge in [-0.05, 0) is 62.4 Å². The van der Waals surface area contributed by atoms with E-state index in [9.17, 15) is 19.6 Å². The molecule has 1 unspecified atom stereocenters. The molecule has 0 bridgehead atoms. The summed E-state index contributed by atoms with van der Waals surface area (Å²) in [5, 5.41) is 9.76. The van der Waals surface area contributed by atoms with Crippen molar-refractivity contribution in [2.45, 2.75) is 33.1 Å². The number of pyridine rings is 1. The van der Waals surface area contributed by atoms with Gasteiger partial charge in [0, 0.05) is 32.2 Å². The number of thiocarbonyl (C=S) groups is 1. The summed E-state index contributed by atoms with van der Waals surface area (Å²) < 4.78 is 12.4. The molecule has 2 aliphatic heterocycles. The molecule has 0 N–H and O–H groups in total. The van der Waals surface area contributed by atoms with Crippen LogP contribution in [0.25, 0.3) is 6.08 Å². The van der Waals surface area contributed by atoms with Gasteiger partial charge >= 0.3 is 5.97 Å². The standard InChI is InChI=1S/C29H32N4O5S2/c1-5-38-28(36)20-7-6-13-32(17-20)25-22(18(2)23(16-30)26(34)31(25)3)15-24-27(35)33(29(39)40-24)14-12-19-8-10-21(37-4)11-9-19/h8-11,15,20H,5-7,12-14,17H2,1-4H3/b24-15+. The molecule has 0 aliphatic carbocycles. The minimum absolute atomic E-state index is 0.0198. The highest BCUT2D eigenvalue weighted by Gasteiger charge is 2.34. The van der Waals surface area contributed by atoms with Gasteiger partial charge in [-0.25, -0.2) is 0 Å². The Kier molecular flexibility index (Phi) is 9.32. The number of carbonyl (C=O) groups excluding carboxylic acids is 2. The Labute approximate surface area is 243 Å². The molecule has 40 heavy (non-hydrogen) atoms. The molecule has 4 rings (SSSR count). The Morgan fingerprint density at radius 1 is 1.27 bits per heavy atom. The molecule has 9 nitrogen and oxygen atoms in total. The fraction of sp³-hybridized carbons (Fsp3) is 0.414. The van der Waals surface area contributed by atoms with E-state index in [1.807, 2.05) is 35.2 Å². The summed E-state index contributed by atoms with van der Waals surface area (Å²) >= 11 is 6.76. The lowest BCUT2D eigenvalue weighted by Crippen LogP contribution is -2.42. The van der Waals surface area contributed by atoms with E-state index in [4.69, 9.17) is 21.7 Å². The topological polar surface area (TPSA) is 105 Å². The van der Waals surface area contributed by atoms with E-state index in [1.165, 1.54) is 16.3 Å². The van der Waals surface area contributed by atoms with Crippen LogP contribution in [0, 0.1) is 24.2 Å². The molecule has 11 heteroatoms. The smallest absolute Gasteiger partial charge is 0.310 e. The molecule has 0 radical (unpaired) electrons. The number of esters is 1. The Morgan fingerprint density at radius 2 is 2.00 bits per heavy atom. The van der Waals surface area contributed by atoms with Crippen LogP contribution in [0.1, 0.15) is 42.0 Å². The molecule has 2 aromatic rings. The maximum absolute atomic E-state index is 13.5. The second-order valence-corrected chi connectivity index (χ2v) is 11.4. The van der Waals surface area contributed by atoms with Crippen molar-refractivity contribution in [2.24, 2.45) is 13.0 Å². The van der Waals surface area contributed by atoms with E-state index >= 15 is 0 Å². The van der Waals surface area contributed by atoms with Crippen LogP contribution < -0.4 is 15.2 Å². The number of piperidine rings is 1. The maximum atomic E-state index is 13.5. The van der Waals surface area contributed by atoms with E-state index in [2.05, 4.69) is 0 Å². The largest absolute Gasteiger partial charge is 0.497 e. The molecule has 0 saturated carbocycles. The van der Waals surface area contributed by atoms with E-state index in [0.29, 0.717) is 65.3 Å². The summed E-state index contributed by atoms with van der Waals surface area (Å²) in [4.78, 5) is 43.1. The van der Waals surface area contributed by atoms with Crippen LogP contribution in [0.2, 0.25) is 0 Å². The van der Waals surface area contributed by atoms with Crippen molar-refractivity contribution in [2.75, 3.05) is 38.3 Å². The maximum Gasteiger partial charge on any atom is 0.310 e. The van der Waals surface area contributed by atoms with Gasteiger partial charge in [0.1, 0.15) is 27.5 Å². The second kappa shape index (κ2) is 12.7. The number of aromatic nitrogens is 1. The van der Waals surface area contributed by atoms with Crippen molar-refractivity contribution in [1.29, 1.82) is 5.26 Å². The molecule has 1 amide bonds. The third kappa shape index (κ3) is 5.93. The molecule has 1 atom stereocenters. The normalized spacial score (nSPS) is 18.3. The first-order valence-corrected chi connectivity index (χ1v) is 14.4. The van der Waals surface area contributed by atoms with Gasteiger partial charge < -0.3 is 14.4 Å². The summed E-state index contributed by atoms with van der Waals surface area (Å²) in [5.41, 5.74) is 1.74. The molecule has 2 fully saturated rings. The molecule has 1 aromatic heterocycles. The van der Waals surface area contributed by atoms with Crippen molar-refractivity contribution in [1.82, 2.24) is 9.47 Å². The summed E-state index contributed by atoms with van der Waals surface area (Å²) in [6.45, 7) is 5.21. The zero-order valence-electron chi connectivity index (χ0n) is 23.1. The number of rotatable bonds is 8. The Bertz CT molecular complexity index is 1460. The Hall–Kier alpha value is -3.62.